The third kappa shape index (κ3) is 6.62. The molecule has 0 amide bonds. The number of nitrogens with zero attached hydrogens (tertiary/aromatic N) is 3. The molecule has 208 valence electrons. The molecule has 3 fully saturated rings. The average Bonchev–Trinajstić information content (AvgIpc) is 2.94. The number of ether oxygens (including phenoxy) is 3. The van der Waals surface area contributed by atoms with Gasteiger partial charge in [0.2, 0.25) is 0 Å². The molecule has 1 aromatic carbocycles. The van der Waals surface area contributed by atoms with Gasteiger partial charge in [-0.1, -0.05) is 23.2 Å². The number of aromatic nitrogens is 2. The van der Waals surface area contributed by atoms with E-state index in [4.69, 9.17) is 37.4 Å². The quantitative estimate of drug-likeness (QED) is 0.486. The van der Waals surface area contributed by atoms with E-state index < -0.39 is 5.67 Å². The molecule has 0 radical (unpaired) electrons. The zero-order valence-corrected chi connectivity index (χ0v) is 22.9. The first-order valence-electron chi connectivity index (χ1n) is 13.4. The topological polar surface area (TPSA) is 77.9 Å². The van der Waals surface area contributed by atoms with E-state index in [0.29, 0.717) is 50.0 Å². The number of anilines is 2. The van der Waals surface area contributed by atoms with E-state index in [0.717, 1.165) is 37.9 Å². The number of hydrogen-bond donors (Lipinski definition) is 1. The molecule has 11 heteroatoms. The molecule has 2 aliphatic heterocycles. The van der Waals surface area contributed by atoms with E-state index >= 15 is 0 Å². The number of halogens is 3. The number of hydrogen-bond acceptors (Lipinski definition) is 7. The van der Waals surface area contributed by atoms with Gasteiger partial charge in [-0.3, -0.25) is 4.79 Å². The molecule has 3 heterocycles. The van der Waals surface area contributed by atoms with E-state index in [1.807, 2.05) is 24.3 Å². The van der Waals surface area contributed by atoms with E-state index in [9.17, 15) is 9.18 Å². The van der Waals surface area contributed by atoms with Crippen molar-refractivity contribution in [2.75, 3.05) is 56.3 Å². The lowest BCUT2D eigenvalue weighted by Gasteiger charge is -2.40. The number of benzene rings is 1. The highest BCUT2D eigenvalue weighted by Gasteiger charge is 2.34. The fourth-order valence-electron chi connectivity index (χ4n) is 5.61. The van der Waals surface area contributed by atoms with Crippen molar-refractivity contribution in [3.05, 3.63) is 50.9 Å². The van der Waals surface area contributed by atoms with Crippen molar-refractivity contribution in [1.82, 2.24) is 9.78 Å². The second-order valence-corrected chi connectivity index (χ2v) is 11.3. The molecule has 2 aromatic rings. The van der Waals surface area contributed by atoms with Crippen LogP contribution < -0.4 is 15.8 Å². The Labute approximate surface area is 232 Å². The predicted octanol–water partition coefficient (Wildman–Crippen LogP) is 4.89. The molecule has 2 saturated heterocycles. The lowest BCUT2D eigenvalue weighted by Crippen LogP contribution is -2.46. The molecular formula is C27H35Cl2FN4O4. The molecule has 1 aliphatic carbocycles. The SMILES string of the molecule is O=c1c(Cl)c(NCC2(F)CCCOC2)cnn1C1CCC(N(CC2COCCO2)c2ccc(Cl)cc2)CC1. The van der Waals surface area contributed by atoms with Gasteiger partial charge in [0, 0.05) is 29.9 Å². The summed E-state index contributed by atoms with van der Waals surface area (Å²) in [7, 11) is 0. The lowest BCUT2D eigenvalue weighted by molar-refractivity contribution is -0.0847. The van der Waals surface area contributed by atoms with Crippen molar-refractivity contribution in [2.24, 2.45) is 0 Å². The van der Waals surface area contributed by atoms with Gasteiger partial charge in [-0.15, -0.1) is 0 Å². The van der Waals surface area contributed by atoms with Gasteiger partial charge in [0.25, 0.3) is 5.56 Å². The first-order valence-corrected chi connectivity index (χ1v) is 14.2. The second kappa shape index (κ2) is 12.5. The number of rotatable bonds is 8. The fourth-order valence-corrected chi connectivity index (χ4v) is 5.94. The summed E-state index contributed by atoms with van der Waals surface area (Å²) in [5, 5.41) is 8.13. The monoisotopic (exact) mass is 568 g/mol. The van der Waals surface area contributed by atoms with Crippen molar-refractivity contribution in [3.8, 4) is 0 Å². The molecule has 8 nitrogen and oxygen atoms in total. The number of nitrogens with one attached hydrogen (secondary N) is 1. The Balaban J connectivity index is 1.24. The summed E-state index contributed by atoms with van der Waals surface area (Å²) in [6.07, 6.45) is 5.97. The summed E-state index contributed by atoms with van der Waals surface area (Å²) < 4.78 is 33.2. The summed E-state index contributed by atoms with van der Waals surface area (Å²) >= 11 is 12.6. The second-order valence-electron chi connectivity index (χ2n) is 10.4. The highest BCUT2D eigenvalue weighted by atomic mass is 35.5. The average molecular weight is 570 g/mol. The molecule has 0 bridgehead atoms. The minimum atomic E-state index is -1.47. The van der Waals surface area contributed by atoms with Crippen LogP contribution >= 0.6 is 23.2 Å². The van der Waals surface area contributed by atoms with E-state index in [-0.39, 0.29) is 41.9 Å². The molecule has 0 spiro atoms. The van der Waals surface area contributed by atoms with Crippen LogP contribution in [0.2, 0.25) is 10.0 Å². The van der Waals surface area contributed by atoms with Crippen molar-refractivity contribution < 1.29 is 18.6 Å². The smallest absolute Gasteiger partial charge is 0.287 e. The van der Waals surface area contributed by atoms with Crippen LogP contribution in [0, 0.1) is 0 Å². The van der Waals surface area contributed by atoms with Gasteiger partial charge in [0.1, 0.15) is 5.02 Å². The van der Waals surface area contributed by atoms with Crippen LogP contribution in [0.15, 0.2) is 35.3 Å². The first-order chi connectivity index (χ1) is 18.4. The van der Waals surface area contributed by atoms with Crippen LogP contribution in [-0.2, 0) is 14.2 Å². The van der Waals surface area contributed by atoms with Crippen LogP contribution in [0.5, 0.6) is 0 Å². The first kappa shape index (κ1) is 27.6. The predicted molar refractivity (Wildman–Crippen MR) is 147 cm³/mol. The third-order valence-electron chi connectivity index (χ3n) is 7.71. The summed E-state index contributed by atoms with van der Waals surface area (Å²) in [4.78, 5) is 15.5. The van der Waals surface area contributed by atoms with Gasteiger partial charge in [-0.25, -0.2) is 9.07 Å². The summed E-state index contributed by atoms with van der Waals surface area (Å²) in [5.74, 6) is 0. The lowest BCUT2D eigenvalue weighted by atomic mass is 9.89. The van der Waals surface area contributed by atoms with Gasteiger partial charge in [-0.2, -0.15) is 5.10 Å². The maximum atomic E-state index is 14.9. The minimum absolute atomic E-state index is 0.00363. The Morgan fingerprint density at radius 3 is 2.58 bits per heavy atom. The van der Waals surface area contributed by atoms with Crippen LogP contribution in [-0.4, -0.2) is 73.7 Å². The van der Waals surface area contributed by atoms with Gasteiger partial charge in [-0.05, 0) is 62.8 Å². The minimum Gasteiger partial charge on any atom is -0.379 e. The van der Waals surface area contributed by atoms with Crippen molar-refractivity contribution in [1.29, 1.82) is 0 Å². The Morgan fingerprint density at radius 2 is 1.89 bits per heavy atom. The summed E-state index contributed by atoms with van der Waals surface area (Å²) in [5.41, 5.74) is -0.377. The third-order valence-corrected chi connectivity index (χ3v) is 8.33. The highest BCUT2D eigenvalue weighted by Crippen LogP contribution is 2.34. The maximum Gasteiger partial charge on any atom is 0.287 e. The molecule has 3 aliphatic rings. The van der Waals surface area contributed by atoms with Crippen LogP contribution in [0.1, 0.15) is 44.6 Å². The van der Waals surface area contributed by atoms with E-state index in [2.05, 4.69) is 15.3 Å². The molecular weight excluding hydrogens is 534 g/mol. The standard InChI is InChI=1S/C27H35Cl2FN4O4/c28-19-2-4-20(5-3-19)33(15-23-16-36-12-13-38-23)21-6-8-22(9-7-21)34-26(35)25(29)24(14-32-34)31-17-27(30)10-1-11-37-18-27/h2-5,14,21-23,31H,1,6-13,15-18H2. The molecule has 5 rings (SSSR count). The van der Waals surface area contributed by atoms with E-state index in [1.165, 1.54) is 10.9 Å². The maximum absolute atomic E-state index is 14.9. The molecule has 38 heavy (non-hydrogen) atoms. The molecule has 1 saturated carbocycles. The largest absolute Gasteiger partial charge is 0.379 e. The Hall–Kier alpha value is -1.91. The Bertz CT molecular complexity index is 1120. The fraction of sp³-hybridized carbons (Fsp3) is 0.630. The molecule has 1 N–H and O–H groups in total. The van der Waals surface area contributed by atoms with Gasteiger partial charge in [0.05, 0.1) is 57.0 Å². The summed E-state index contributed by atoms with van der Waals surface area (Å²) in [6.45, 7) is 3.18. The van der Waals surface area contributed by atoms with Crippen LogP contribution in [0.25, 0.3) is 0 Å². The molecule has 2 unspecified atom stereocenters. The zero-order valence-electron chi connectivity index (χ0n) is 21.4. The van der Waals surface area contributed by atoms with Crippen molar-refractivity contribution in [2.45, 2.75) is 62.4 Å². The summed E-state index contributed by atoms with van der Waals surface area (Å²) in [6, 6.07) is 8.11. The van der Waals surface area contributed by atoms with Crippen LogP contribution in [0.3, 0.4) is 0 Å². The zero-order chi connectivity index (χ0) is 26.5. The van der Waals surface area contributed by atoms with E-state index in [1.54, 1.807) is 0 Å². The Morgan fingerprint density at radius 1 is 1.11 bits per heavy atom. The molecule has 2 atom stereocenters. The van der Waals surface area contributed by atoms with Crippen LogP contribution in [0.4, 0.5) is 15.8 Å². The van der Waals surface area contributed by atoms with Crippen molar-refractivity contribution >= 4 is 34.6 Å². The molecule has 1 aromatic heterocycles. The normalized spacial score (nSPS) is 28.1. The van der Waals surface area contributed by atoms with Gasteiger partial charge in [0.15, 0.2) is 5.67 Å². The van der Waals surface area contributed by atoms with Gasteiger partial charge < -0.3 is 24.4 Å². The number of alkyl halides is 1. The highest BCUT2D eigenvalue weighted by molar-refractivity contribution is 6.33. The van der Waals surface area contributed by atoms with Crippen molar-refractivity contribution in [3.63, 3.8) is 0 Å². The Kier molecular flexibility index (Phi) is 9.10. The van der Waals surface area contributed by atoms with Gasteiger partial charge >= 0.3 is 0 Å².